The van der Waals surface area contributed by atoms with Crippen LogP contribution in [-0.2, 0) is 4.74 Å². The van der Waals surface area contributed by atoms with Crippen molar-refractivity contribution in [1.29, 1.82) is 0 Å². The minimum Gasteiger partial charge on any atom is -0.443 e. The topological polar surface area (TPSA) is 46.8 Å². The molecule has 2 aromatic rings. The number of anilines is 1. The van der Waals surface area contributed by atoms with Gasteiger partial charge in [0.15, 0.2) is 0 Å². The van der Waals surface area contributed by atoms with Crippen LogP contribution in [0.3, 0.4) is 0 Å². The van der Waals surface area contributed by atoms with Gasteiger partial charge in [0.05, 0.1) is 5.69 Å². The van der Waals surface area contributed by atoms with Gasteiger partial charge in [-0.05, 0) is 39.8 Å². The maximum atomic E-state index is 12.0. The molecule has 0 aliphatic heterocycles. The molecule has 0 aliphatic carbocycles. The molecular formula is C14H19N3O2. The third-order valence-corrected chi connectivity index (χ3v) is 2.73. The predicted octanol–water partition coefficient (Wildman–Crippen LogP) is 3.01. The third kappa shape index (κ3) is 2.86. The standard InChI is InChI=1S/C14H19N3O2/c1-10-8-15-12-7-6-11(9-17(10)12)16(5)13(18)19-14(2,3)4/h6-9H,1-5H3. The molecule has 0 radical (unpaired) electrons. The van der Waals surface area contributed by atoms with Crippen molar-refractivity contribution < 1.29 is 9.53 Å². The minimum atomic E-state index is -0.500. The van der Waals surface area contributed by atoms with Crippen molar-refractivity contribution in [3.05, 3.63) is 30.2 Å². The Morgan fingerprint density at radius 2 is 2.05 bits per heavy atom. The largest absolute Gasteiger partial charge is 0.443 e. The maximum Gasteiger partial charge on any atom is 0.414 e. The summed E-state index contributed by atoms with van der Waals surface area (Å²) in [5.74, 6) is 0. The molecule has 0 aliphatic rings. The summed E-state index contributed by atoms with van der Waals surface area (Å²) in [6, 6.07) is 3.73. The number of amides is 1. The van der Waals surface area contributed by atoms with Gasteiger partial charge in [-0.1, -0.05) is 0 Å². The van der Waals surface area contributed by atoms with Crippen LogP contribution in [0.15, 0.2) is 24.5 Å². The lowest BCUT2D eigenvalue weighted by atomic mass is 10.2. The van der Waals surface area contributed by atoms with E-state index in [2.05, 4.69) is 4.98 Å². The second-order valence-corrected chi connectivity index (χ2v) is 5.55. The molecule has 0 unspecified atom stereocenters. The summed E-state index contributed by atoms with van der Waals surface area (Å²) in [7, 11) is 1.70. The van der Waals surface area contributed by atoms with Gasteiger partial charge in [-0.15, -0.1) is 0 Å². The first-order chi connectivity index (χ1) is 8.78. The molecule has 102 valence electrons. The fraction of sp³-hybridized carbons (Fsp3) is 0.429. The SMILES string of the molecule is Cc1cnc2ccc(N(C)C(=O)OC(C)(C)C)cn12. The molecular weight excluding hydrogens is 242 g/mol. The Morgan fingerprint density at radius 3 is 2.68 bits per heavy atom. The zero-order valence-corrected chi connectivity index (χ0v) is 12.0. The number of carbonyl (C=O) groups is 1. The van der Waals surface area contributed by atoms with Crippen LogP contribution in [0.2, 0.25) is 0 Å². The molecule has 1 amide bonds. The van der Waals surface area contributed by atoms with E-state index in [9.17, 15) is 4.79 Å². The summed E-state index contributed by atoms with van der Waals surface area (Å²) in [4.78, 5) is 17.7. The molecule has 19 heavy (non-hydrogen) atoms. The van der Waals surface area contributed by atoms with Crippen LogP contribution in [0.5, 0.6) is 0 Å². The number of fused-ring (bicyclic) bond motifs is 1. The third-order valence-electron chi connectivity index (χ3n) is 2.73. The highest BCUT2D eigenvalue weighted by molar-refractivity contribution is 5.87. The van der Waals surface area contributed by atoms with Crippen molar-refractivity contribution >= 4 is 17.4 Å². The fourth-order valence-corrected chi connectivity index (χ4v) is 1.73. The molecule has 2 aromatic heterocycles. The lowest BCUT2D eigenvalue weighted by Gasteiger charge is -2.24. The molecule has 2 heterocycles. The van der Waals surface area contributed by atoms with Crippen LogP contribution in [-0.4, -0.2) is 28.1 Å². The summed E-state index contributed by atoms with van der Waals surface area (Å²) in [6.45, 7) is 7.52. The fourth-order valence-electron chi connectivity index (χ4n) is 1.73. The highest BCUT2D eigenvalue weighted by atomic mass is 16.6. The second-order valence-electron chi connectivity index (χ2n) is 5.55. The van der Waals surface area contributed by atoms with E-state index in [0.29, 0.717) is 0 Å². The Kier molecular flexibility index (Phi) is 3.22. The molecule has 0 saturated heterocycles. The Labute approximate surface area is 112 Å². The van der Waals surface area contributed by atoms with Crippen LogP contribution in [0, 0.1) is 6.92 Å². The molecule has 2 rings (SSSR count). The molecule has 5 nitrogen and oxygen atoms in total. The van der Waals surface area contributed by atoms with Gasteiger partial charge in [0.1, 0.15) is 11.2 Å². The Bertz CT molecular complexity index is 611. The molecule has 0 spiro atoms. The number of ether oxygens (including phenoxy) is 1. The van der Waals surface area contributed by atoms with Crippen molar-refractivity contribution in [3.8, 4) is 0 Å². The number of hydrogen-bond acceptors (Lipinski definition) is 3. The van der Waals surface area contributed by atoms with Gasteiger partial charge >= 0.3 is 6.09 Å². The lowest BCUT2D eigenvalue weighted by Crippen LogP contribution is -2.34. The smallest absolute Gasteiger partial charge is 0.414 e. The van der Waals surface area contributed by atoms with Crippen molar-refractivity contribution in [1.82, 2.24) is 9.38 Å². The first kappa shape index (κ1) is 13.4. The van der Waals surface area contributed by atoms with Gasteiger partial charge in [-0.3, -0.25) is 4.90 Å². The Morgan fingerprint density at radius 1 is 1.37 bits per heavy atom. The first-order valence-corrected chi connectivity index (χ1v) is 6.18. The van der Waals surface area contributed by atoms with Crippen molar-refractivity contribution in [2.45, 2.75) is 33.3 Å². The van der Waals surface area contributed by atoms with E-state index in [4.69, 9.17) is 4.74 Å². The molecule has 0 bridgehead atoms. The summed E-state index contributed by atoms with van der Waals surface area (Å²) < 4.78 is 7.28. The number of nitrogens with zero attached hydrogens (tertiary/aromatic N) is 3. The highest BCUT2D eigenvalue weighted by Crippen LogP contribution is 2.18. The normalized spacial score (nSPS) is 11.6. The van der Waals surface area contributed by atoms with E-state index >= 15 is 0 Å². The van der Waals surface area contributed by atoms with Crippen molar-refractivity contribution in [2.24, 2.45) is 0 Å². The van der Waals surface area contributed by atoms with Gasteiger partial charge < -0.3 is 9.14 Å². The second kappa shape index (κ2) is 4.57. The number of imidazole rings is 1. The minimum absolute atomic E-state index is 0.371. The lowest BCUT2D eigenvalue weighted by molar-refractivity contribution is 0.0589. The van der Waals surface area contributed by atoms with E-state index in [1.54, 1.807) is 13.2 Å². The zero-order chi connectivity index (χ0) is 14.2. The van der Waals surface area contributed by atoms with E-state index < -0.39 is 5.60 Å². The highest BCUT2D eigenvalue weighted by Gasteiger charge is 2.20. The van der Waals surface area contributed by atoms with Gasteiger partial charge in [0.2, 0.25) is 0 Å². The number of rotatable bonds is 1. The Balaban J connectivity index is 2.28. The summed E-state index contributed by atoms with van der Waals surface area (Å²) >= 11 is 0. The average molecular weight is 261 g/mol. The number of pyridine rings is 1. The van der Waals surface area contributed by atoms with Crippen LogP contribution in [0.1, 0.15) is 26.5 Å². The van der Waals surface area contributed by atoms with Crippen LogP contribution in [0.25, 0.3) is 5.65 Å². The van der Waals surface area contributed by atoms with E-state index in [1.165, 1.54) is 4.90 Å². The van der Waals surface area contributed by atoms with Gasteiger partial charge in [0.25, 0.3) is 0 Å². The molecule has 0 saturated carbocycles. The number of aromatic nitrogens is 2. The molecule has 5 heteroatoms. The predicted molar refractivity (Wildman–Crippen MR) is 74.6 cm³/mol. The van der Waals surface area contributed by atoms with Crippen molar-refractivity contribution in [2.75, 3.05) is 11.9 Å². The van der Waals surface area contributed by atoms with E-state index in [-0.39, 0.29) is 6.09 Å². The molecule has 0 fully saturated rings. The number of carbonyl (C=O) groups excluding carboxylic acids is 1. The first-order valence-electron chi connectivity index (χ1n) is 6.18. The zero-order valence-electron chi connectivity index (χ0n) is 12.0. The van der Waals surface area contributed by atoms with Gasteiger partial charge in [-0.25, -0.2) is 9.78 Å². The Hall–Kier alpha value is -2.04. The molecule has 0 atom stereocenters. The quantitative estimate of drug-likeness (QED) is 0.792. The summed E-state index contributed by atoms with van der Waals surface area (Å²) in [6.07, 6.45) is 3.30. The maximum absolute atomic E-state index is 12.0. The number of hydrogen-bond donors (Lipinski definition) is 0. The molecule has 0 N–H and O–H groups in total. The molecule has 0 aromatic carbocycles. The van der Waals surface area contributed by atoms with Crippen LogP contribution >= 0.6 is 0 Å². The van der Waals surface area contributed by atoms with Crippen LogP contribution < -0.4 is 4.90 Å². The van der Waals surface area contributed by atoms with E-state index in [0.717, 1.165) is 17.0 Å². The number of aryl methyl sites for hydroxylation is 1. The van der Waals surface area contributed by atoms with Gasteiger partial charge in [-0.2, -0.15) is 0 Å². The van der Waals surface area contributed by atoms with E-state index in [1.807, 2.05) is 50.4 Å². The summed E-state index contributed by atoms with van der Waals surface area (Å²) in [5.41, 5.74) is 2.15. The van der Waals surface area contributed by atoms with Crippen LogP contribution in [0.4, 0.5) is 10.5 Å². The summed E-state index contributed by atoms with van der Waals surface area (Å²) in [5, 5.41) is 0. The van der Waals surface area contributed by atoms with Crippen molar-refractivity contribution in [3.63, 3.8) is 0 Å². The van der Waals surface area contributed by atoms with Gasteiger partial charge in [0, 0.05) is 25.1 Å². The monoisotopic (exact) mass is 261 g/mol. The average Bonchev–Trinajstić information content (AvgIpc) is 2.67.